The van der Waals surface area contributed by atoms with Crippen molar-refractivity contribution < 1.29 is 14.0 Å². The number of rotatable bonds is 4. The molecule has 1 fully saturated rings. The lowest BCUT2D eigenvalue weighted by atomic mass is 10.0. The number of hydrogen-bond acceptors (Lipinski definition) is 6. The molecule has 1 unspecified atom stereocenters. The average molecular weight is 484 g/mol. The van der Waals surface area contributed by atoms with Crippen molar-refractivity contribution in [2.24, 2.45) is 0 Å². The van der Waals surface area contributed by atoms with Gasteiger partial charge in [-0.25, -0.2) is 19.3 Å². The summed E-state index contributed by atoms with van der Waals surface area (Å²) in [6.07, 6.45) is 3.82. The molecule has 3 aromatic heterocycles. The van der Waals surface area contributed by atoms with E-state index in [1.54, 1.807) is 52.9 Å². The standard InChI is InChI=1S/C26H22FN7O2/c1-2-5-22(35)33-13-10-17(15-33)23-20-9-12-30-26(28)34(20)24(32-23)18-8-7-16(14-19(18)27)25(36)31-21-6-3-4-11-29-21/h3-4,6-9,11-12,14,17H,10,13,15H2,1H3,(H2,28,30)(H,29,31,36). The quantitative estimate of drug-likeness (QED) is 0.431. The summed E-state index contributed by atoms with van der Waals surface area (Å²) in [5, 5.41) is 2.64. The van der Waals surface area contributed by atoms with Crippen LogP contribution in [0.25, 0.3) is 16.9 Å². The Balaban J connectivity index is 1.50. The number of nitrogens with one attached hydrogen (secondary N) is 1. The predicted octanol–water partition coefficient (Wildman–Crippen LogP) is 3.10. The zero-order valence-corrected chi connectivity index (χ0v) is 19.4. The van der Waals surface area contributed by atoms with Crippen molar-refractivity contribution >= 4 is 29.1 Å². The van der Waals surface area contributed by atoms with Crippen molar-refractivity contribution in [1.29, 1.82) is 0 Å². The molecule has 4 aromatic rings. The average Bonchev–Trinajstić information content (AvgIpc) is 3.51. The molecule has 0 radical (unpaired) electrons. The van der Waals surface area contributed by atoms with Crippen LogP contribution in [0.4, 0.5) is 16.2 Å². The van der Waals surface area contributed by atoms with Gasteiger partial charge >= 0.3 is 0 Å². The van der Waals surface area contributed by atoms with Gasteiger partial charge in [0.1, 0.15) is 11.6 Å². The molecule has 180 valence electrons. The Morgan fingerprint density at radius 2 is 2.03 bits per heavy atom. The number of imidazole rings is 1. The van der Waals surface area contributed by atoms with Crippen molar-refractivity contribution in [3.63, 3.8) is 0 Å². The van der Waals surface area contributed by atoms with Crippen LogP contribution >= 0.6 is 0 Å². The second-order valence-corrected chi connectivity index (χ2v) is 8.32. The Morgan fingerprint density at radius 1 is 1.17 bits per heavy atom. The fraction of sp³-hybridized carbons (Fsp3) is 0.192. The van der Waals surface area contributed by atoms with Crippen molar-refractivity contribution in [2.45, 2.75) is 19.3 Å². The molecule has 9 nitrogen and oxygen atoms in total. The van der Waals surface area contributed by atoms with E-state index in [1.165, 1.54) is 12.1 Å². The van der Waals surface area contributed by atoms with Crippen molar-refractivity contribution in [3.05, 3.63) is 71.9 Å². The summed E-state index contributed by atoms with van der Waals surface area (Å²) in [6.45, 7) is 2.64. The number of likely N-dealkylation sites (tertiary alicyclic amines) is 1. The Labute approximate surface area is 206 Å². The summed E-state index contributed by atoms with van der Waals surface area (Å²) in [5.41, 5.74) is 7.87. The highest BCUT2D eigenvalue weighted by molar-refractivity contribution is 6.04. The van der Waals surface area contributed by atoms with Gasteiger partial charge in [0.05, 0.1) is 16.8 Å². The van der Waals surface area contributed by atoms with E-state index in [-0.39, 0.29) is 34.7 Å². The number of hydrogen-bond donors (Lipinski definition) is 2. The van der Waals surface area contributed by atoms with Crippen LogP contribution in [0.3, 0.4) is 0 Å². The summed E-state index contributed by atoms with van der Waals surface area (Å²) in [6, 6.07) is 11.0. The van der Waals surface area contributed by atoms with Crippen LogP contribution in [-0.2, 0) is 4.79 Å². The monoisotopic (exact) mass is 483 g/mol. The number of halogens is 1. The summed E-state index contributed by atoms with van der Waals surface area (Å²) >= 11 is 0. The van der Waals surface area contributed by atoms with E-state index in [2.05, 4.69) is 27.1 Å². The lowest BCUT2D eigenvalue weighted by Crippen LogP contribution is -2.26. The maximum atomic E-state index is 15.4. The number of nitrogens with two attached hydrogens (primary N) is 1. The van der Waals surface area contributed by atoms with Crippen LogP contribution in [0, 0.1) is 17.7 Å². The Kier molecular flexibility index (Phi) is 6.04. The number of pyridine rings is 1. The molecule has 1 atom stereocenters. The first-order valence-electron chi connectivity index (χ1n) is 11.3. The molecule has 10 heteroatoms. The van der Waals surface area contributed by atoms with E-state index in [9.17, 15) is 9.59 Å². The molecule has 1 aromatic carbocycles. The number of anilines is 2. The van der Waals surface area contributed by atoms with Crippen LogP contribution in [0.5, 0.6) is 0 Å². The van der Waals surface area contributed by atoms with Gasteiger partial charge in [0.2, 0.25) is 5.95 Å². The number of nitrogens with zero attached hydrogens (tertiary/aromatic N) is 5. The third kappa shape index (κ3) is 4.22. The highest BCUT2D eigenvalue weighted by Crippen LogP contribution is 2.34. The third-order valence-electron chi connectivity index (χ3n) is 6.08. The van der Waals surface area contributed by atoms with Crippen LogP contribution in [0.2, 0.25) is 0 Å². The smallest absolute Gasteiger partial charge is 0.298 e. The number of carbonyl (C=O) groups is 2. The van der Waals surface area contributed by atoms with Crippen LogP contribution in [0.1, 0.15) is 35.3 Å². The molecule has 3 N–H and O–H groups in total. The van der Waals surface area contributed by atoms with Crippen LogP contribution in [0.15, 0.2) is 54.9 Å². The number of nitrogen functional groups attached to an aromatic ring is 1. The van der Waals surface area contributed by atoms with Gasteiger partial charge in [0.25, 0.3) is 11.8 Å². The van der Waals surface area contributed by atoms with E-state index in [0.29, 0.717) is 36.5 Å². The fourth-order valence-electron chi connectivity index (χ4n) is 4.38. The zero-order chi connectivity index (χ0) is 25.2. The van der Waals surface area contributed by atoms with Gasteiger partial charge in [0, 0.05) is 37.0 Å². The van der Waals surface area contributed by atoms with Gasteiger partial charge in [-0.3, -0.25) is 14.0 Å². The molecule has 1 saturated heterocycles. The molecule has 4 heterocycles. The Morgan fingerprint density at radius 3 is 2.78 bits per heavy atom. The van der Waals surface area contributed by atoms with Gasteiger partial charge in [-0.1, -0.05) is 12.0 Å². The minimum Gasteiger partial charge on any atom is -0.369 e. The number of fused-ring (bicyclic) bond motifs is 1. The maximum absolute atomic E-state index is 15.4. The van der Waals surface area contributed by atoms with Gasteiger partial charge in [-0.15, -0.1) is 0 Å². The van der Waals surface area contributed by atoms with E-state index < -0.39 is 11.7 Å². The number of amides is 2. The van der Waals surface area contributed by atoms with Crippen LogP contribution < -0.4 is 11.1 Å². The molecular weight excluding hydrogens is 461 g/mol. The summed E-state index contributed by atoms with van der Waals surface area (Å²) in [7, 11) is 0. The lowest BCUT2D eigenvalue weighted by Gasteiger charge is -2.12. The number of benzene rings is 1. The molecule has 0 spiro atoms. The predicted molar refractivity (Wildman–Crippen MR) is 132 cm³/mol. The molecular formula is C26H22FN7O2. The highest BCUT2D eigenvalue weighted by atomic mass is 19.1. The number of carbonyl (C=O) groups excluding carboxylic acids is 2. The normalized spacial score (nSPS) is 14.9. The summed E-state index contributed by atoms with van der Waals surface area (Å²) < 4.78 is 17.0. The molecule has 36 heavy (non-hydrogen) atoms. The summed E-state index contributed by atoms with van der Waals surface area (Å²) in [4.78, 5) is 39.5. The van der Waals surface area contributed by atoms with Gasteiger partial charge in [0.15, 0.2) is 5.82 Å². The van der Waals surface area contributed by atoms with E-state index in [1.807, 2.05) is 0 Å². The first-order valence-corrected chi connectivity index (χ1v) is 11.3. The number of aromatic nitrogens is 4. The lowest BCUT2D eigenvalue weighted by molar-refractivity contribution is -0.124. The molecule has 1 aliphatic rings. The van der Waals surface area contributed by atoms with Crippen molar-refractivity contribution in [2.75, 3.05) is 24.1 Å². The molecule has 0 bridgehead atoms. The van der Waals surface area contributed by atoms with E-state index in [0.717, 1.165) is 6.07 Å². The third-order valence-corrected chi connectivity index (χ3v) is 6.08. The SMILES string of the molecule is CC#CC(=O)N1CCC(c2nc(-c3ccc(C(=O)Nc4ccccn4)cc3F)n3c(N)nccc23)C1. The van der Waals surface area contributed by atoms with Crippen LogP contribution in [-0.4, -0.2) is 49.2 Å². The molecule has 1 aliphatic heterocycles. The second kappa shape index (κ2) is 9.46. The molecule has 5 rings (SSSR count). The summed E-state index contributed by atoms with van der Waals surface area (Å²) in [5.74, 6) is 4.59. The van der Waals surface area contributed by atoms with Gasteiger partial charge in [-0.2, -0.15) is 0 Å². The van der Waals surface area contributed by atoms with E-state index in [4.69, 9.17) is 10.7 Å². The minimum atomic E-state index is -0.633. The topological polar surface area (TPSA) is 119 Å². The maximum Gasteiger partial charge on any atom is 0.298 e. The van der Waals surface area contributed by atoms with E-state index >= 15 is 4.39 Å². The van der Waals surface area contributed by atoms with Crippen molar-refractivity contribution in [1.82, 2.24) is 24.3 Å². The Bertz CT molecular complexity index is 1540. The second-order valence-electron chi connectivity index (χ2n) is 8.32. The molecule has 0 aliphatic carbocycles. The van der Waals surface area contributed by atoms with Crippen molar-refractivity contribution in [3.8, 4) is 23.2 Å². The fourth-order valence-corrected chi connectivity index (χ4v) is 4.38. The molecule has 0 saturated carbocycles. The first-order chi connectivity index (χ1) is 17.5. The molecule has 2 amide bonds. The zero-order valence-electron chi connectivity index (χ0n) is 19.4. The highest BCUT2D eigenvalue weighted by Gasteiger charge is 2.31. The van der Waals surface area contributed by atoms with Gasteiger partial charge < -0.3 is 16.0 Å². The van der Waals surface area contributed by atoms with Gasteiger partial charge in [-0.05, 0) is 55.7 Å². The largest absolute Gasteiger partial charge is 0.369 e. The first kappa shape index (κ1) is 23.0. The Hall–Kier alpha value is -4.78. The minimum absolute atomic E-state index is 0.0651.